The number of rotatable bonds is 1. The Labute approximate surface area is 128 Å². The first-order valence-corrected chi connectivity index (χ1v) is 5.52. The van der Waals surface area contributed by atoms with Gasteiger partial charge in [0, 0.05) is 0 Å². The van der Waals surface area contributed by atoms with Crippen LogP contribution in [-0.2, 0) is 24.7 Å². The predicted octanol–water partition coefficient (Wildman–Crippen LogP) is 5.46. The molecule has 0 aliphatic rings. The fourth-order valence-electron chi connectivity index (χ4n) is 1.93. The van der Waals surface area contributed by atoms with Crippen molar-refractivity contribution < 1.29 is 62.6 Å². The van der Waals surface area contributed by atoms with Gasteiger partial charge in [-0.25, -0.2) is 4.79 Å². The molecule has 25 heavy (non-hydrogen) atoms. The van der Waals surface area contributed by atoms with E-state index in [1.54, 1.807) is 0 Å². The summed E-state index contributed by atoms with van der Waals surface area (Å²) in [5.74, 6) is -3.25. The van der Waals surface area contributed by atoms with Crippen LogP contribution in [-0.4, -0.2) is 11.1 Å². The molecule has 0 aliphatic carbocycles. The molecule has 0 amide bonds. The summed E-state index contributed by atoms with van der Waals surface area (Å²) in [7, 11) is 0. The molecule has 142 valence electrons. The van der Waals surface area contributed by atoms with Crippen LogP contribution >= 0.6 is 0 Å². The molecule has 0 radical (unpaired) electrons. The van der Waals surface area contributed by atoms with E-state index in [-0.39, 0.29) is 0 Å². The van der Waals surface area contributed by atoms with Gasteiger partial charge in [0.25, 0.3) is 0 Å². The number of carboxylic acids is 1. The first kappa shape index (κ1) is 20.9. The van der Waals surface area contributed by atoms with Crippen molar-refractivity contribution in [3.8, 4) is 0 Å². The molecule has 0 aliphatic heterocycles. The highest BCUT2D eigenvalue weighted by Gasteiger charge is 2.54. The number of halogens is 12. The summed E-state index contributed by atoms with van der Waals surface area (Å²) in [6, 6.07) is -1.40. The molecule has 2 nitrogen and oxygen atoms in total. The van der Waals surface area contributed by atoms with Crippen LogP contribution in [0.15, 0.2) is 6.07 Å². The second kappa shape index (κ2) is 5.69. The molecular weight excluding hydrogens is 392 g/mol. The smallest absolute Gasteiger partial charge is 0.417 e. The number of hydrogen-bond acceptors (Lipinski definition) is 1. The Morgan fingerprint density at radius 3 is 1.08 bits per heavy atom. The molecule has 1 aromatic carbocycles. The summed E-state index contributed by atoms with van der Waals surface area (Å²) in [5.41, 5.74) is -16.3. The van der Waals surface area contributed by atoms with Gasteiger partial charge in [0.05, 0.1) is 27.8 Å². The average molecular weight is 394 g/mol. The van der Waals surface area contributed by atoms with E-state index < -0.39 is 64.6 Å². The Morgan fingerprint density at radius 1 is 0.640 bits per heavy atom. The summed E-state index contributed by atoms with van der Waals surface area (Å²) in [5, 5.41) is 8.52. The highest BCUT2D eigenvalue weighted by molar-refractivity contribution is 5.93. The maximum atomic E-state index is 12.8. The van der Waals surface area contributed by atoms with Crippen LogP contribution in [0, 0.1) is 0 Å². The van der Waals surface area contributed by atoms with Crippen LogP contribution in [0.1, 0.15) is 32.6 Å². The zero-order valence-corrected chi connectivity index (χ0v) is 11.0. The topological polar surface area (TPSA) is 37.3 Å². The van der Waals surface area contributed by atoms with Gasteiger partial charge in [-0.05, 0) is 6.07 Å². The Hall–Kier alpha value is -2.15. The Balaban J connectivity index is 4.33. The van der Waals surface area contributed by atoms with E-state index in [4.69, 9.17) is 5.11 Å². The molecule has 0 saturated heterocycles. The Morgan fingerprint density at radius 2 is 0.920 bits per heavy atom. The molecule has 0 atom stereocenters. The van der Waals surface area contributed by atoms with E-state index in [0.29, 0.717) is 0 Å². The third-order valence-electron chi connectivity index (χ3n) is 2.72. The van der Waals surface area contributed by atoms with Gasteiger partial charge < -0.3 is 5.11 Å². The maximum Gasteiger partial charge on any atom is 0.417 e. The summed E-state index contributed by atoms with van der Waals surface area (Å²) < 4.78 is 153. The first-order valence-electron chi connectivity index (χ1n) is 5.52. The fraction of sp³-hybridized carbons (Fsp3) is 0.364. The van der Waals surface area contributed by atoms with Crippen molar-refractivity contribution in [1.29, 1.82) is 0 Å². The second-order valence-electron chi connectivity index (χ2n) is 4.39. The lowest BCUT2D eigenvalue weighted by Crippen LogP contribution is -2.29. The van der Waals surface area contributed by atoms with Gasteiger partial charge in [-0.2, -0.15) is 52.7 Å². The molecule has 0 heterocycles. The standard InChI is InChI=1S/C11H2F12O2/c12-8(13,14)2-1-3(9(15,16)17)6(11(21,22)23)4(7(24)25)5(2)10(18,19)20/h1H,(H,24,25). The molecule has 0 spiro atoms. The lowest BCUT2D eigenvalue weighted by Gasteiger charge is -2.24. The molecule has 0 bridgehead atoms. The summed E-state index contributed by atoms with van der Waals surface area (Å²) in [6.07, 6.45) is -25.1. The van der Waals surface area contributed by atoms with Crippen molar-refractivity contribution in [3.63, 3.8) is 0 Å². The second-order valence-corrected chi connectivity index (χ2v) is 4.39. The van der Waals surface area contributed by atoms with Crippen molar-refractivity contribution in [2.45, 2.75) is 24.7 Å². The van der Waals surface area contributed by atoms with Gasteiger partial charge in [-0.1, -0.05) is 0 Å². The van der Waals surface area contributed by atoms with Crippen molar-refractivity contribution in [1.82, 2.24) is 0 Å². The molecule has 0 saturated carbocycles. The van der Waals surface area contributed by atoms with Gasteiger partial charge in [-0.3, -0.25) is 0 Å². The Bertz CT molecular complexity index is 639. The zero-order chi connectivity index (χ0) is 20.2. The highest BCUT2D eigenvalue weighted by atomic mass is 19.4. The molecule has 1 aromatic rings. The van der Waals surface area contributed by atoms with E-state index >= 15 is 0 Å². The molecule has 0 aromatic heterocycles. The number of aromatic carboxylic acids is 1. The van der Waals surface area contributed by atoms with Crippen LogP contribution in [0.3, 0.4) is 0 Å². The monoisotopic (exact) mass is 394 g/mol. The number of carboxylic acid groups (broad SMARTS) is 1. The summed E-state index contributed by atoms with van der Waals surface area (Å²) in [4.78, 5) is 10.8. The van der Waals surface area contributed by atoms with Crippen molar-refractivity contribution in [2.24, 2.45) is 0 Å². The minimum atomic E-state index is -6.33. The average Bonchev–Trinajstić information content (AvgIpc) is 2.31. The fourth-order valence-corrected chi connectivity index (χ4v) is 1.93. The normalized spacial score (nSPS) is 13.9. The molecule has 0 fully saturated rings. The van der Waals surface area contributed by atoms with Crippen molar-refractivity contribution in [3.05, 3.63) is 33.9 Å². The lowest BCUT2D eigenvalue weighted by atomic mass is 9.89. The SMILES string of the molecule is O=C(O)c1c(C(F)(F)F)c(C(F)(F)F)cc(C(F)(F)F)c1C(F)(F)F. The minimum Gasteiger partial charge on any atom is -0.478 e. The number of benzene rings is 1. The Kier molecular flexibility index (Phi) is 4.76. The van der Waals surface area contributed by atoms with Gasteiger partial charge in [0.1, 0.15) is 0 Å². The number of carbonyl (C=O) groups is 1. The van der Waals surface area contributed by atoms with Crippen LogP contribution in [0.4, 0.5) is 52.7 Å². The lowest BCUT2D eigenvalue weighted by molar-refractivity contribution is -0.171. The van der Waals surface area contributed by atoms with Crippen LogP contribution in [0.2, 0.25) is 0 Å². The first-order chi connectivity index (χ1) is 10.8. The molecule has 1 rings (SSSR count). The number of hydrogen-bond donors (Lipinski definition) is 1. The van der Waals surface area contributed by atoms with Crippen LogP contribution in [0.25, 0.3) is 0 Å². The highest BCUT2D eigenvalue weighted by Crippen LogP contribution is 2.50. The number of alkyl halides is 12. The van der Waals surface area contributed by atoms with E-state index in [1.807, 2.05) is 0 Å². The van der Waals surface area contributed by atoms with E-state index in [1.165, 1.54) is 0 Å². The largest absolute Gasteiger partial charge is 0.478 e. The van der Waals surface area contributed by atoms with Crippen molar-refractivity contribution >= 4 is 5.97 Å². The van der Waals surface area contributed by atoms with Gasteiger partial charge in [0.15, 0.2) is 0 Å². The third kappa shape index (κ3) is 4.10. The molecule has 1 N–H and O–H groups in total. The zero-order valence-electron chi connectivity index (χ0n) is 11.0. The summed E-state index contributed by atoms with van der Waals surface area (Å²) in [6.45, 7) is 0. The minimum absolute atomic E-state index is 1.40. The predicted molar refractivity (Wildman–Crippen MR) is 53.4 cm³/mol. The third-order valence-corrected chi connectivity index (χ3v) is 2.72. The molecule has 14 heteroatoms. The van der Waals surface area contributed by atoms with Gasteiger partial charge in [-0.15, -0.1) is 0 Å². The van der Waals surface area contributed by atoms with Gasteiger partial charge >= 0.3 is 30.7 Å². The maximum absolute atomic E-state index is 12.8. The summed E-state index contributed by atoms with van der Waals surface area (Å²) >= 11 is 0. The van der Waals surface area contributed by atoms with E-state index in [0.717, 1.165) is 0 Å². The van der Waals surface area contributed by atoms with Crippen LogP contribution < -0.4 is 0 Å². The van der Waals surface area contributed by atoms with E-state index in [9.17, 15) is 57.5 Å². The van der Waals surface area contributed by atoms with Gasteiger partial charge in [0.2, 0.25) is 0 Å². The van der Waals surface area contributed by atoms with Crippen molar-refractivity contribution in [2.75, 3.05) is 0 Å². The molecule has 0 unspecified atom stereocenters. The van der Waals surface area contributed by atoms with E-state index in [2.05, 4.69) is 0 Å². The molecular formula is C11H2F12O2. The van der Waals surface area contributed by atoms with Crippen LogP contribution in [0.5, 0.6) is 0 Å². The quantitative estimate of drug-likeness (QED) is 0.643.